The normalized spacial score (nSPS) is 16.7. The fourth-order valence-electron chi connectivity index (χ4n) is 2.87. The van der Waals surface area contributed by atoms with Gasteiger partial charge in [0.25, 0.3) is 0 Å². The van der Waals surface area contributed by atoms with E-state index in [1.165, 1.54) is 16.7 Å². The number of alkyl carbamates (subject to hydrolysis) is 1. The highest BCUT2D eigenvalue weighted by Gasteiger charge is 2.37. The number of unbranched alkanes of at least 4 members (excludes halogenated alkanes) is 1. The van der Waals surface area contributed by atoms with Crippen molar-refractivity contribution >= 4 is 35.8 Å². The standard InChI is InChI=1S/C22H36N4O7S/c1-21(2,3)32-19(29)25-15(18(28)31-12-10-23)9-7-8-11-24-17(27)16-13-34-14-26(16)20(30)33-22(4,5)6/h15-16H,7-9,11-14H2,1-6H3,(H,24,27)(H,25,29)/t15-,16-/m0/s1. The van der Waals surface area contributed by atoms with Crippen LogP contribution >= 0.6 is 11.8 Å². The Hall–Kier alpha value is -2.68. The van der Waals surface area contributed by atoms with Crippen LogP contribution in [0.25, 0.3) is 0 Å². The van der Waals surface area contributed by atoms with E-state index in [1.54, 1.807) is 47.6 Å². The quantitative estimate of drug-likeness (QED) is 0.277. The van der Waals surface area contributed by atoms with Crippen LogP contribution in [0.4, 0.5) is 9.59 Å². The Kier molecular flexibility index (Phi) is 11.5. The van der Waals surface area contributed by atoms with Crippen LogP contribution in [-0.2, 0) is 23.8 Å². The van der Waals surface area contributed by atoms with Crippen molar-refractivity contribution in [1.82, 2.24) is 15.5 Å². The Labute approximate surface area is 205 Å². The maximum absolute atomic E-state index is 12.6. The predicted molar refractivity (Wildman–Crippen MR) is 126 cm³/mol. The lowest BCUT2D eigenvalue weighted by Crippen LogP contribution is -2.48. The molecule has 2 N–H and O–H groups in total. The van der Waals surface area contributed by atoms with Gasteiger partial charge in [0.05, 0.1) is 5.88 Å². The van der Waals surface area contributed by atoms with E-state index in [0.29, 0.717) is 31.0 Å². The third kappa shape index (κ3) is 11.4. The second-order valence-corrected chi connectivity index (χ2v) is 10.7. The van der Waals surface area contributed by atoms with E-state index >= 15 is 0 Å². The molecule has 0 saturated carbocycles. The zero-order chi connectivity index (χ0) is 25.9. The van der Waals surface area contributed by atoms with Gasteiger partial charge in [-0.05, 0) is 60.8 Å². The number of amides is 3. The molecular weight excluding hydrogens is 464 g/mol. The third-order valence-electron chi connectivity index (χ3n) is 4.29. The highest BCUT2D eigenvalue weighted by atomic mass is 32.2. The van der Waals surface area contributed by atoms with E-state index in [1.807, 2.05) is 0 Å². The molecule has 3 amide bonds. The van der Waals surface area contributed by atoms with Crippen molar-refractivity contribution in [2.75, 3.05) is 24.8 Å². The van der Waals surface area contributed by atoms with E-state index in [-0.39, 0.29) is 12.3 Å². The second kappa shape index (κ2) is 13.3. The number of hydrogen-bond donors (Lipinski definition) is 2. The first-order valence-corrected chi connectivity index (χ1v) is 12.3. The first-order valence-electron chi connectivity index (χ1n) is 11.1. The number of rotatable bonds is 9. The molecule has 11 nitrogen and oxygen atoms in total. The zero-order valence-electron chi connectivity index (χ0n) is 20.8. The van der Waals surface area contributed by atoms with Crippen LogP contribution in [0.3, 0.4) is 0 Å². The van der Waals surface area contributed by atoms with Crippen molar-refractivity contribution in [3.63, 3.8) is 0 Å². The molecule has 1 fully saturated rings. The van der Waals surface area contributed by atoms with Gasteiger partial charge in [-0.15, -0.1) is 11.8 Å². The number of nitriles is 1. The van der Waals surface area contributed by atoms with Gasteiger partial charge < -0.3 is 24.8 Å². The number of thioether (sulfide) groups is 1. The van der Waals surface area contributed by atoms with Gasteiger partial charge in [0.2, 0.25) is 5.91 Å². The lowest BCUT2D eigenvalue weighted by molar-refractivity contribution is -0.145. The summed E-state index contributed by atoms with van der Waals surface area (Å²) in [6, 6.07) is 0.124. The summed E-state index contributed by atoms with van der Waals surface area (Å²) in [6.07, 6.45) is -0.0404. The molecular formula is C22H36N4O7S. The SMILES string of the molecule is CC(C)(C)OC(=O)N[C@@H](CCCCNC(=O)[C@@H]1CSCN1C(=O)OC(C)(C)C)C(=O)OCC#N. The van der Waals surface area contributed by atoms with Crippen LogP contribution in [0.5, 0.6) is 0 Å². The minimum absolute atomic E-state index is 0.239. The maximum atomic E-state index is 12.6. The molecule has 12 heteroatoms. The van der Waals surface area contributed by atoms with Gasteiger partial charge in [-0.2, -0.15) is 5.26 Å². The molecule has 0 unspecified atom stereocenters. The average Bonchev–Trinajstić information content (AvgIpc) is 3.18. The van der Waals surface area contributed by atoms with Crippen LogP contribution in [-0.4, -0.2) is 77.0 Å². The number of esters is 1. The molecule has 0 aromatic rings. The molecule has 0 aliphatic carbocycles. The molecule has 1 aliphatic heterocycles. The van der Waals surface area contributed by atoms with Gasteiger partial charge in [0.1, 0.15) is 29.4 Å². The molecule has 0 radical (unpaired) electrons. The summed E-state index contributed by atoms with van der Waals surface area (Å²) in [5.74, 6) is -0.131. The number of nitrogens with one attached hydrogen (secondary N) is 2. The number of carbonyl (C=O) groups is 4. The summed E-state index contributed by atoms with van der Waals surface area (Å²) in [5.41, 5.74) is -1.38. The maximum Gasteiger partial charge on any atom is 0.411 e. The highest BCUT2D eigenvalue weighted by molar-refractivity contribution is 7.99. The summed E-state index contributed by atoms with van der Waals surface area (Å²) in [6.45, 7) is 10.3. The zero-order valence-corrected chi connectivity index (χ0v) is 21.6. The van der Waals surface area contributed by atoms with Gasteiger partial charge in [-0.25, -0.2) is 14.4 Å². The largest absolute Gasteiger partial charge is 0.449 e. The fourth-order valence-corrected chi connectivity index (χ4v) is 4.01. The Bertz CT molecular complexity index is 771. The van der Waals surface area contributed by atoms with E-state index in [9.17, 15) is 19.2 Å². The topological polar surface area (TPSA) is 147 Å². The number of hydrogen-bond acceptors (Lipinski definition) is 9. The second-order valence-electron chi connectivity index (χ2n) is 9.72. The Morgan fingerprint density at radius 2 is 1.74 bits per heavy atom. The van der Waals surface area contributed by atoms with Gasteiger partial charge >= 0.3 is 18.2 Å². The van der Waals surface area contributed by atoms with Crippen LogP contribution in [0.2, 0.25) is 0 Å². The Balaban J connectivity index is 2.51. The number of ether oxygens (including phenoxy) is 3. The molecule has 0 spiro atoms. The van der Waals surface area contributed by atoms with Crippen LogP contribution in [0, 0.1) is 11.3 Å². The van der Waals surface area contributed by atoms with Crippen molar-refractivity contribution in [3.8, 4) is 6.07 Å². The number of nitrogens with zero attached hydrogens (tertiary/aromatic N) is 2. The van der Waals surface area contributed by atoms with Gasteiger partial charge in [-0.3, -0.25) is 9.69 Å². The molecule has 2 atom stereocenters. The van der Waals surface area contributed by atoms with Gasteiger partial charge in [-0.1, -0.05) is 0 Å². The van der Waals surface area contributed by atoms with E-state index in [0.717, 1.165) is 0 Å². The van der Waals surface area contributed by atoms with Gasteiger partial charge in [0, 0.05) is 12.3 Å². The number of carbonyl (C=O) groups excluding carboxylic acids is 4. The summed E-state index contributed by atoms with van der Waals surface area (Å²) < 4.78 is 15.4. The first-order chi connectivity index (χ1) is 15.7. The lowest BCUT2D eigenvalue weighted by atomic mass is 10.1. The molecule has 1 rings (SSSR count). The summed E-state index contributed by atoms with van der Waals surface area (Å²) in [7, 11) is 0. The Morgan fingerprint density at radius 3 is 2.32 bits per heavy atom. The van der Waals surface area contributed by atoms with Crippen LogP contribution in [0.1, 0.15) is 60.8 Å². The van der Waals surface area contributed by atoms with Crippen molar-refractivity contribution in [3.05, 3.63) is 0 Å². The predicted octanol–water partition coefficient (Wildman–Crippen LogP) is 2.54. The monoisotopic (exact) mass is 500 g/mol. The summed E-state index contributed by atoms with van der Waals surface area (Å²) in [5, 5.41) is 13.9. The molecule has 0 bridgehead atoms. The van der Waals surface area contributed by atoms with E-state index < -0.39 is 48.0 Å². The molecule has 1 saturated heterocycles. The van der Waals surface area contributed by atoms with Crippen molar-refractivity contribution in [2.24, 2.45) is 0 Å². The molecule has 192 valence electrons. The molecule has 1 heterocycles. The van der Waals surface area contributed by atoms with Crippen molar-refractivity contribution in [1.29, 1.82) is 5.26 Å². The average molecular weight is 501 g/mol. The smallest absolute Gasteiger partial charge is 0.411 e. The van der Waals surface area contributed by atoms with Crippen LogP contribution in [0.15, 0.2) is 0 Å². The van der Waals surface area contributed by atoms with E-state index in [4.69, 9.17) is 19.5 Å². The minimum atomic E-state index is -0.979. The highest BCUT2D eigenvalue weighted by Crippen LogP contribution is 2.23. The lowest BCUT2D eigenvalue weighted by Gasteiger charge is -2.27. The van der Waals surface area contributed by atoms with Crippen molar-refractivity contribution in [2.45, 2.75) is 84.1 Å². The fraction of sp³-hybridized carbons (Fsp3) is 0.773. The first kappa shape index (κ1) is 29.4. The third-order valence-corrected chi connectivity index (χ3v) is 5.30. The Morgan fingerprint density at radius 1 is 1.09 bits per heavy atom. The van der Waals surface area contributed by atoms with Gasteiger partial charge in [0.15, 0.2) is 6.61 Å². The van der Waals surface area contributed by atoms with E-state index in [2.05, 4.69) is 10.6 Å². The summed E-state index contributed by atoms with van der Waals surface area (Å²) >= 11 is 1.48. The molecule has 0 aromatic heterocycles. The molecule has 34 heavy (non-hydrogen) atoms. The molecule has 1 aliphatic rings. The minimum Gasteiger partial charge on any atom is -0.449 e. The van der Waals surface area contributed by atoms with Crippen molar-refractivity contribution < 1.29 is 33.4 Å². The molecule has 0 aromatic carbocycles. The van der Waals surface area contributed by atoms with Crippen LogP contribution < -0.4 is 10.6 Å². The summed E-state index contributed by atoms with van der Waals surface area (Å²) in [4.78, 5) is 50.6.